The molecule has 1 fully saturated rings. The third kappa shape index (κ3) is 5.52. The van der Waals surface area contributed by atoms with E-state index in [1.165, 1.54) is 44.1 Å². The molecule has 0 atom stereocenters. The Balaban J connectivity index is 1.66. The molecule has 0 bridgehead atoms. The predicted octanol–water partition coefficient (Wildman–Crippen LogP) is 6.61. The van der Waals surface area contributed by atoms with Crippen molar-refractivity contribution in [2.24, 2.45) is 5.92 Å². The molecule has 1 aromatic heterocycles. The molecule has 0 unspecified atom stereocenters. The molecule has 1 aliphatic carbocycles. The van der Waals surface area contributed by atoms with Crippen LogP contribution in [0.15, 0.2) is 51.8 Å². The zero-order valence-corrected chi connectivity index (χ0v) is 22.4. The molecular weight excluding hydrogens is 512 g/mol. The number of rotatable bonds is 7. The molecule has 180 valence electrons. The molecule has 3 aromatic rings. The maximum Gasteiger partial charge on any atom is 0.354 e. The van der Waals surface area contributed by atoms with Gasteiger partial charge in [0, 0.05) is 46.7 Å². The minimum absolute atomic E-state index is 0.0308. The highest BCUT2D eigenvalue weighted by atomic mass is 79.9. The summed E-state index contributed by atoms with van der Waals surface area (Å²) in [5, 5.41) is 0.988. The van der Waals surface area contributed by atoms with Crippen LogP contribution in [0.2, 0.25) is 0 Å². The van der Waals surface area contributed by atoms with E-state index in [-0.39, 0.29) is 11.9 Å². The van der Waals surface area contributed by atoms with E-state index in [1.807, 2.05) is 46.7 Å². The standard InChI is InChI=1S/C27H31BrN2O3S/c1-29(2)26(31)20-11-9-18(10-12-20)16-30-24-14-21(34-17-19-7-5-4-6-8-19)13-23(28)22(24)15-25(30)27(32)33-3/h9-15,19H,4-8,16-17H2,1-3H3. The number of fused-ring (bicyclic) bond motifs is 1. The van der Waals surface area contributed by atoms with Crippen LogP contribution in [-0.4, -0.2) is 48.3 Å². The van der Waals surface area contributed by atoms with E-state index in [2.05, 4.69) is 28.1 Å². The third-order valence-corrected chi connectivity index (χ3v) is 8.36. The van der Waals surface area contributed by atoms with Crippen molar-refractivity contribution in [3.8, 4) is 0 Å². The molecule has 0 N–H and O–H groups in total. The number of carbonyl (C=O) groups is 2. The summed E-state index contributed by atoms with van der Waals surface area (Å²) >= 11 is 5.64. The van der Waals surface area contributed by atoms with Crippen molar-refractivity contribution < 1.29 is 14.3 Å². The van der Waals surface area contributed by atoms with Gasteiger partial charge in [0.2, 0.25) is 0 Å². The fraction of sp³-hybridized carbons (Fsp3) is 0.407. The fourth-order valence-corrected chi connectivity index (χ4v) is 6.45. The molecule has 7 heteroatoms. The maximum atomic E-state index is 12.6. The fourth-order valence-electron chi connectivity index (χ4n) is 4.58. The molecule has 0 radical (unpaired) electrons. The van der Waals surface area contributed by atoms with Crippen LogP contribution in [0.25, 0.3) is 10.9 Å². The first-order valence-corrected chi connectivity index (χ1v) is 13.5. The topological polar surface area (TPSA) is 51.5 Å². The Morgan fingerprint density at radius 2 is 1.79 bits per heavy atom. The lowest BCUT2D eigenvalue weighted by Gasteiger charge is -2.21. The van der Waals surface area contributed by atoms with Crippen molar-refractivity contribution in [1.82, 2.24) is 9.47 Å². The largest absolute Gasteiger partial charge is 0.464 e. The van der Waals surface area contributed by atoms with Gasteiger partial charge in [0.1, 0.15) is 5.69 Å². The molecule has 5 nitrogen and oxygen atoms in total. The van der Waals surface area contributed by atoms with Gasteiger partial charge in [0.15, 0.2) is 0 Å². The van der Waals surface area contributed by atoms with Gasteiger partial charge in [-0.15, -0.1) is 11.8 Å². The number of esters is 1. The first-order chi connectivity index (χ1) is 16.4. The first kappa shape index (κ1) is 24.9. The van der Waals surface area contributed by atoms with Gasteiger partial charge < -0.3 is 14.2 Å². The minimum atomic E-state index is -0.362. The lowest BCUT2D eigenvalue weighted by atomic mass is 9.91. The Morgan fingerprint density at radius 3 is 2.44 bits per heavy atom. The molecule has 0 saturated heterocycles. The number of amides is 1. The Bertz CT molecular complexity index is 1180. The molecule has 0 spiro atoms. The van der Waals surface area contributed by atoms with Crippen LogP contribution in [0.5, 0.6) is 0 Å². The van der Waals surface area contributed by atoms with Crippen molar-refractivity contribution in [3.63, 3.8) is 0 Å². The quantitative estimate of drug-likeness (QED) is 0.249. The summed E-state index contributed by atoms with van der Waals surface area (Å²) in [5.41, 5.74) is 3.16. The maximum absolute atomic E-state index is 12.6. The highest BCUT2D eigenvalue weighted by molar-refractivity contribution is 9.10. The normalized spacial score (nSPS) is 14.4. The highest BCUT2D eigenvalue weighted by Gasteiger charge is 2.20. The molecule has 1 saturated carbocycles. The smallest absolute Gasteiger partial charge is 0.354 e. The van der Waals surface area contributed by atoms with Gasteiger partial charge in [-0.2, -0.15) is 0 Å². The SMILES string of the molecule is COC(=O)c1cc2c(Br)cc(SCC3CCCCC3)cc2n1Cc1ccc(C(=O)N(C)C)cc1. The minimum Gasteiger partial charge on any atom is -0.464 e. The number of halogens is 1. The molecule has 1 aliphatic rings. The molecule has 0 aliphatic heterocycles. The summed E-state index contributed by atoms with van der Waals surface area (Å²) in [6, 6.07) is 13.8. The Kier molecular flexibility index (Phi) is 8.04. The summed E-state index contributed by atoms with van der Waals surface area (Å²) in [6.45, 7) is 0.507. The van der Waals surface area contributed by atoms with Gasteiger partial charge in [-0.1, -0.05) is 47.3 Å². The van der Waals surface area contributed by atoms with Crippen LogP contribution in [0.4, 0.5) is 0 Å². The van der Waals surface area contributed by atoms with Crippen LogP contribution >= 0.6 is 27.7 Å². The Labute approximate surface area is 214 Å². The van der Waals surface area contributed by atoms with Crippen LogP contribution in [0, 0.1) is 5.92 Å². The number of carbonyl (C=O) groups excluding carboxylic acids is 2. The van der Waals surface area contributed by atoms with Gasteiger partial charge in [0.05, 0.1) is 12.6 Å². The monoisotopic (exact) mass is 542 g/mol. The predicted molar refractivity (Wildman–Crippen MR) is 142 cm³/mol. The summed E-state index contributed by atoms with van der Waals surface area (Å²) in [6.07, 6.45) is 6.71. The molecular formula is C27H31BrN2O3S. The van der Waals surface area contributed by atoms with Crippen molar-refractivity contribution >= 4 is 50.5 Å². The molecule has 1 heterocycles. The number of aromatic nitrogens is 1. The zero-order valence-electron chi connectivity index (χ0n) is 20.0. The number of methoxy groups -OCH3 is 1. The molecule has 2 aromatic carbocycles. The number of ether oxygens (including phenoxy) is 1. The van der Waals surface area contributed by atoms with E-state index >= 15 is 0 Å². The summed E-state index contributed by atoms with van der Waals surface area (Å²) in [5.74, 6) is 1.52. The van der Waals surface area contributed by atoms with Crippen molar-refractivity contribution in [2.45, 2.75) is 43.5 Å². The van der Waals surface area contributed by atoms with E-state index in [0.29, 0.717) is 17.8 Å². The summed E-state index contributed by atoms with van der Waals surface area (Å²) in [4.78, 5) is 27.6. The number of nitrogens with zero attached hydrogens (tertiary/aromatic N) is 2. The molecule has 4 rings (SSSR count). The Hall–Kier alpha value is -2.25. The number of hydrogen-bond donors (Lipinski definition) is 0. The van der Waals surface area contributed by atoms with Crippen LogP contribution in [-0.2, 0) is 11.3 Å². The third-order valence-electron chi connectivity index (χ3n) is 6.50. The van der Waals surface area contributed by atoms with Crippen molar-refractivity contribution in [1.29, 1.82) is 0 Å². The molecule has 1 amide bonds. The van der Waals surface area contributed by atoms with Crippen LogP contribution in [0.3, 0.4) is 0 Å². The van der Waals surface area contributed by atoms with E-state index in [0.717, 1.165) is 32.6 Å². The van der Waals surface area contributed by atoms with E-state index in [9.17, 15) is 9.59 Å². The van der Waals surface area contributed by atoms with Crippen molar-refractivity contribution in [3.05, 3.63) is 63.8 Å². The van der Waals surface area contributed by atoms with Crippen LogP contribution in [0.1, 0.15) is 58.5 Å². The van der Waals surface area contributed by atoms with Gasteiger partial charge in [-0.05, 0) is 54.7 Å². The highest BCUT2D eigenvalue weighted by Crippen LogP contribution is 2.36. The second-order valence-corrected chi connectivity index (χ2v) is 11.1. The zero-order chi connectivity index (χ0) is 24.2. The Morgan fingerprint density at radius 1 is 1.09 bits per heavy atom. The second-order valence-electron chi connectivity index (χ2n) is 9.16. The second kappa shape index (κ2) is 11.0. The first-order valence-electron chi connectivity index (χ1n) is 11.7. The van der Waals surface area contributed by atoms with E-state index in [1.54, 1.807) is 19.0 Å². The number of hydrogen-bond acceptors (Lipinski definition) is 4. The lowest BCUT2D eigenvalue weighted by Crippen LogP contribution is -2.21. The lowest BCUT2D eigenvalue weighted by molar-refractivity contribution is 0.0589. The van der Waals surface area contributed by atoms with E-state index < -0.39 is 0 Å². The van der Waals surface area contributed by atoms with Gasteiger partial charge >= 0.3 is 5.97 Å². The van der Waals surface area contributed by atoms with Gasteiger partial charge in [0.25, 0.3) is 5.91 Å². The number of benzene rings is 2. The molecule has 34 heavy (non-hydrogen) atoms. The van der Waals surface area contributed by atoms with E-state index in [4.69, 9.17) is 4.74 Å². The van der Waals surface area contributed by atoms with Crippen LogP contribution < -0.4 is 0 Å². The summed E-state index contributed by atoms with van der Waals surface area (Å²) < 4.78 is 8.08. The summed E-state index contributed by atoms with van der Waals surface area (Å²) in [7, 11) is 4.89. The van der Waals surface area contributed by atoms with Gasteiger partial charge in [-0.3, -0.25) is 4.79 Å². The van der Waals surface area contributed by atoms with Gasteiger partial charge in [-0.25, -0.2) is 4.79 Å². The number of thioether (sulfide) groups is 1. The van der Waals surface area contributed by atoms with Crippen molar-refractivity contribution in [2.75, 3.05) is 27.0 Å². The average Bonchev–Trinajstić information content (AvgIpc) is 3.21. The average molecular weight is 544 g/mol.